The number of carbonyl (C=O) groups is 2. The molecule has 2 atom stereocenters. The summed E-state index contributed by atoms with van der Waals surface area (Å²) < 4.78 is 4.29. The first-order chi connectivity index (χ1) is 6.00. The molecule has 80 valence electrons. The fourth-order valence-electron chi connectivity index (χ4n) is 0.509. The predicted octanol–water partition coefficient (Wildman–Crippen LogP) is -3.62. The van der Waals surface area contributed by atoms with Gasteiger partial charge in [0, 0.05) is 6.54 Å². The van der Waals surface area contributed by atoms with E-state index in [0.717, 1.165) is 0 Å². The summed E-state index contributed by atoms with van der Waals surface area (Å²) in [6.45, 7) is -0.0795. The molecule has 0 amide bonds. The number of nitrogens with two attached hydrogens (primary N) is 1. The number of ether oxygens (including phenoxy) is 1. The molecule has 0 aromatic carbocycles. The molecule has 0 aliphatic carbocycles. The van der Waals surface area contributed by atoms with Gasteiger partial charge < -0.3 is 25.8 Å². The van der Waals surface area contributed by atoms with Crippen LogP contribution in [0.3, 0.4) is 0 Å². The molecule has 0 radical (unpaired) electrons. The van der Waals surface area contributed by atoms with Crippen LogP contribution in [0.2, 0.25) is 0 Å². The van der Waals surface area contributed by atoms with Crippen LogP contribution in [-0.4, -0.2) is 75.7 Å². The molecular formula is C6H13MgNO6. The SMILES string of the molecule is NCCOC(=O)C(O)C(O)C(=O)O.[MgH2]. The highest BCUT2D eigenvalue weighted by molar-refractivity contribution is 5.84. The van der Waals surface area contributed by atoms with Crippen molar-refractivity contribution in [3.8, 4) is 0 Å². The summed E-state index contributed by atoms with van der Waals surface area (Å²) in [6, 6.07) is 0. The normalized spacial score (nSPS) is 13.6. The zero-order valence-corrected chi connectivity index (χ0v) is 6.71. The number of hydrogen-bond donors (Lipinski definition) is 4. The monoisotopic (exact) mass is 219 g/mol. The molecule has 14 heavy (non-hydrogen) atoms. The molecule has 0 saturated heterocycles. The average Bonchev–Trinajstić information content (AvgIpc) is 2.11. The van der Waals surface area contributed by atoms with Crippen molar-refractivity contribution in [1.82, 2.24) is 0 Å². The van der Waals surface area contributed by atoms with Crippen LogP contribution in [0.5, 0.6) is 0 Å². The van der Waals surface area contributed by atoms with Crippen LogP contribution in [-0.2, 0) is 14.3 Å². The lowest BCUT2D eigenvalue weighted by atomic mass is 10.2. The first kappa shape index (κ1) is 16.0. The van der Waals surface area contributed by atoms with Crippen molar-refractivity contribution in [1.29, 1.82) is 0 Å². The summed E-state index contributed by atoms with van der Waals surface area (Å²) in [6.07, 6.45) is -4.26. The third kappa shape index (κ3) is 5.34. The highest BCUT2D eigenvalue weighted by Crippen LogP contribution is 1.96. The van der Waals surface area contributed by atoms with Crippen molar-refractivity contribution in [2.24, 2.45) is 5.73 Å². The van der Waals surface area contributed by atoms with Crippen LogP contribution in [0.4, 0.5) is 0 Å². The van der Waals surface area contributed by atoms with E-state index in [2.05, 4.69) is 4.74 Å². The number of carbonyl (C=O) groups excluding carboxylic acids is 1. The zero-order valence-electron chi connectivity index (χ0n) is 6.71. The number of aliphatic hydroxyl groups is 2. The van der Waals surface area contributed by atoms with Crippen molar-refractivity contribution in [3.63, 3.8) is 0 Å². The first-order valence-electron chi connectivity index (χ1n) is 3.46. The van der Waals surface area contributed by atoms with E-state index in [-0.39, 0.29) is 36.2 Å². The lowest BCUT2D eigenvalue weighted by molar-refractivity contribution is -0.169. The second-order valence-electron chi connectivity index (χ2n) is 2.18. The van der Waals surface area contributed by atoms with Crippen LogP contribution in [0.1, 0.15) is 0 Å². The number of esters is 1. The smallest absolute Gasteiger partial charge is 0.338 e. The molecule has 0 bridgehead atoms. The number of rotatable bonds is 5. The van der Waals surface area contributed by atoms with Gasteiger partial charge in [-0.1, -0.05) is 0 Å². The van der Waals surface area contributed by atoms with Gasteiger partial charge in [0.25, 0.3) is 0 Å². The summed E-state index contributed by atoms with van der Waals surface area (Å²) in [5, 5.41) is 25.7. The fourth-order valence-corrected chi connectivity index (χ4v) is 0.509. The zero-order chi connectivity index (χ0) is 10.4. The van der Waals surface area contributed by atoms with Gasteiger partial charge in [-0.05, 0) is 0 Å². The minimum Gasteiger partial charge on any atom is -0.479 e. The molecule has 0 spiro atoms. The summed E-state index contributed by atoms with van der Waals surface area (Å²) in [7, 11) is 0. The Morgan fingerprint density at radius 3 is 2.14 bits per heavy atom. The van der Waals surface area contributed by atoms with Crippen LogP contribution in [0.25, 0.3) is 0 Å². The Hall–Kier alpha value is -0.414. The van der Waals surface area contributed by atoms with Crippen LogP contribution < -0.4 is 5.73 Å². The Morgan fingerprint density at radius 2 is 1.79 bits per heavy atom. The Balaban J connectivity index is 0. The maximum Gasteiger partial charge on any atom is 0.338 e. The molecule has 0 aromatic heterocycles. The number of carboxylic acid groups (broad SMARTS) is 1. The number of carboxylic acids is 1. The first-order valence-corrected chi connectivity index (χ1v) is 3.46. The minimum absolute atomic E-state index is 0. The molecule has 5 N–H and O–H groups in total. The van der Waals surface area contributed by atoms with Gasteiger partial charge in [-0.3, -0.25) is 0 Å². The largest absolute Gasteiger partial charge is 0.479 e. The molecule has 7 nitrogen and oxygen atoms in total. The van der Waals surface area contributed by atoms with Gasteiger partial charge in [0.2, 0.25) is 0 Å². The predicted molar refractivity (Wildman–Crippen MR) is 48.2 cm³/mol. The average molecular weight is 219 g/mol. The van der Waals surface area contributed by atoms with Crippen molar-refractivity contribution in [3.05, 3.63) is 0 Å². The minimum atomic E-state index is -2.18. The van der Waals surface area contributed by atoms with Gasteiger partial charge in [-0.15, -0.1) is 0 Å². The van der Waals surface area contributed by atoms with Gasteiger partial charge in [-0.25, -0.2) is 9.59 Å². The lowest BCUT2D eigenvalue weighted by Gasteiger charge is -2.12. The van der Waals surface area contributed by atoms with E-state index in [9.17, 15) is 9.59 Å². The van der Waals surface area contributed by atoms with Crippen LogP contribution in [0.15, 0.2) is 0 Å². The maximum atomic E-state index is 10.7. The molecule has 0 aromatic rings. The van der Waals surface area contributed by atoms with E-state index >= 15 is 0 Å². The van der Waals surface area contributed by atoms with Gasteiger partial charge in [0.05, 0.1) is 0 Å². The second kappa shape index (κ2) is 7.94. The van der Waals surface area contributed by atoms with E-state index in [0.29, 0.717) is 0 Å². The van der Waals surface area contributed by atoms with Crippen molar-refractivity contribution >= 4 is 35.0 Å². The number of aliphatic hydroxyl groups excluding tert-OH is 2. The lowest BCUT2D eigenvalue weighted by Crippen LogP contribution is -2.41. The van der Waals surface area contributed by atoms with E-state index < -0.39 is 24.1 Å². The number of hydrogen-bond acceptors (Lipinski definition) is 6. The molecule has 0 rings (SSSR count). The third-order valence-corrected chi connectivity index (χ3v) is 1.16. The van der Waals surface area contributed by atoms with Crippen molar-refractivity contribution < 1.29 is 29.6 Å². The highest BCUT2D eigenvalue weighted by Gasteiger charge is 2.31. The molecular weight excluding hydrogens is 206 g/mol. The van der Waals surface area contributed by atoms with Gasteiger partial charge in [0.1, 0.15) is 6.61 Å². The van der Waals surface area contributed by atoms with E-state index in [1.54, 1.807) is 0 Å². The molecule has 0 fully saturated rings. The number of aliphatic carboxylic acids is 1. The maximum absolute atomic E-state index is 10.7. The summed E-state index contributed by atoms with van der Waals surface area (Å²) >= 11 is 0. The molecule has 0 heterocycles. The summed E-state index contributed by atoms with van der Waals surface area (Å²) in [5.74, 6) is -2.91. The van der Waals surface area contributed by atoms with Crippen LogP contribution in [0, 0.1) is 0 Å². The highest BCUT2D eigenvalue weighted by atomic mass is 24.3. The van der Waals surface area contributed by atoms with Gasteiger partial charge in [0.15, 0.2) is 12.2 Å². The third-order valence-electron chi connectivity index (χ3n) is 1.16. The standard InChI is InChI=1S/C6H11NO6.Mg.2H/c7-1-2-13-6(12)4(9)3(8)5(10)11;;;/h3-4,8-9H,1-2,7H2,(H,10,11);;;. The Labute approximate surface area is 96.0 Å². The fraction of sp³-hybridized carbons (Fsp3) is 0.667. The van der Waals surface area contributed by atoms with Gasteiger partial charge >= 0.3 is 35.0 Å². The molecule has 0 saturated carbocycles. The van der Waals surface area contributed by atoms with Crippen molar-refractivity contribution in [2.75, 3.05) is 13.2 Å². The van der Waals surface area contributed by atoms with E-state index in [4.69, 9.17) is 21.1 Å². The molecule has 0 aliphatic heterocycles. The molecule has 2 unspecified atom stereocenters. The summed E-state index contributed by atoms with van der Waals surface area (Å²) in [5.41, 5.74) is 4.98. The second-order valence-corrected chi connectivity index (χ2v) is 2.18. The van der Waals surface area contributed by atoms with E-state index in [1.807, 2.05) is 0 Å². The topological polar surface area (TPSA) is 130 Å². The summed E-state index contributed by atoms with van der Waals surface area (Å²) in [4.78, 5) is 20.8. The Kier molecular flexibility index (Phi) is 9.09. The molecule has 0 aliphatic rings. The molecule has 8 heteroatoms. The quantitative estimate of drug-likeness (QED) is 0.277. The Bertz CT molecular complexity index is 199. The van der Waals surface area contributed by atoms with Crippen molar-refractivity contribution in [2.45, 2.75) is 12.2 Å². The van der Waals surface area contributed by atoms with Gasteiger partial charge in [-0.2, -0.15) is 0 Å². The Morgan fingerprint density at radius 1 is 1.29 bits per heavy atom. The van der Waals surface area contributed by atoms with Crippen LogP contribution >= 0.6 is 0 Å². The van der Waals surface area contributed by atoms with E-state index in [1.165, 1.54) is 0 Å².